The fourth-order valence-electron chi connectivity index (χ4n) is 1.29. The van der Waals surface area contributed by atoms with Crippen LogP contribution in [0.5, 0.6) is 11.5 Å². The summed E-state index contributed by atoms with van der Waals surface area (Å²) in [5, 5.41) is -0.544. The standard InChI is InChI=1S/C12H13ClO3/c1-3-5-9-6-4-7-10(15-2)12(9)16-8-11(13)14/h3-7H,8H2,1-2H3/b5-3+. The molecule has 0 heterocycles. The van der Waals surface area contributed by atoms with E-state index in [0.29, 0.717) is 11.5 Å². The number of hydrogen-bond acceptors (Lipinski definition) is 3. The number of ether oxygens (including phenoxy) is 2. The molecule has 0 radical (unpaired) electrons. The largest absolute Gasteiger partial charge is 0.493 e. The lowest BCUT2D eigenvalue weighted by atomic mass is 10.1. The zero-order valence-corrected chi connectivity index (χ0v) is 9.95. The van der Waals surface area contributed by atoms with E-state index < -0.39 is 5.24 Å². The fourth-order valence-corrected chi connectivity index (χ4v) is 1.34. The maximum Gasteiger partial charge on any atom is 0.259 e. The van der Waals surface area contributed by atoms with Crippen LogP contribution in [0.3, 0.4) is 0 Å². The van der Waals surface area contributed by atoms with Gasteiger partial charge in [-0.1, -0.05) is 24.3 Å². The first kappa shape index (κ1) is 12.6. The van der Waals surface area contributed by atoms with Crippen molar-refractivity contribution in [3.05, 3.63) is 29.8 Å². The van der Waals surface area contributed by atoms with Crippen LogP contribution in [0.25, 0.3) is 6.08 Å². The Bertz CT molecular complexity index is 399. The normalized spacial score (nSPS) is 10.4. The van der Waals surface area contributed by atoms with Gasteiger partial charge in [0.05, 0.1) is 7.11 Å². The molecule has 0 spiro atoms. The molecule has 86 valence electrons. The molecule has 16 heavy (non-hydrogen) atoms. The van der Waals surface area contributed by atoms with E-state index in [-0.39, 0.29) is 6.61 Å². The maximum absolute atomic E-state index is 10.7. The van der Waals surface area contributed by atoms with Gasteiger partial charge in [0, 0.05) is 5.56 Å². The summed E-state index contributed by atoms with van der Waals surface area (Å²) in [6.07, 6.45) is 3.75. The Balaban J connectivity index is 3.03. The van der Waals surface area contributed by atoms with E-state index in [2.05, 4.69) is 0 Å². The first-order valence-electron chi connectivity index (χ1n) is 4.80. The van der Waals surface area contributed by atoms with Crippen molar-refractivity contribution in [1.82, 2.24) is 0 Å². The molecule has 0 bridgehead atoms. The lowest BCUT2D eigenvalue weighted by molar-refractivity contribution is -0.113. The fraction of sp³-hybridized carbons (Fsp3) is 0.250. The summed E-state index contributed by atoms with van der Waals surface area (Å²) in [5.41, 5.74) is 0.847. The molecule has 0 amide bonds. The molecule has 0 unspecified atom stereocenters. The van der Waals surface area contributed by atoms with Gasteiger partial charge in [-0.05, 0) is 24.6 Å². The van der Waals surface area contributed by atoms with Crippen molar-refractivity contribution < 1.29 is 14.3 Å². The Morgan fingerprint density at radius 3 is 2.81 bits per heavy atom. The van der Waals surface area contributed by atoms with Crippen molar-refractivity contribution in [3.63, 3.8) is 0 Å². The first-order valence-corrected chi connectivity index (χ1v) is 5.17. The molecule has 0 aliphatic heterocycles. The highest BCUT2D eigenvalue weighted by atomic mass is 35.5. The third-order valence-electron chi connectivity index (χ3n) is 1.91. The predicted molar refractivity (Wildman–Crippen MR) is 64.1 cm³/mol. The van der Waals surface area contributed by atoms with Gasteiger partial charge in [0.25, 0.3) is 5.24 Å². The first-order chi connectivity index (χ1) is 7.69. The molecule has 0 aliphatic rings. The SMILES string of the molecule is C/C=C/c1cccc(OC)c1OCC(=O)Cl. The number of carbonyl (C=O) groups excluding carboxylic acids is 1. The molecule has 3 nitrogen and oxygen atoms in total. The highest BCUT2D eigenvalue weighted by Gasteiger charge is 2.09. The van der Waals surface area contributed by atoms with Crippen LogP contribution in [0, 0.1) is 0 Å². The average Bonchev–Trinajstić information content (AvgIpc) is 2.27. The van der Waals surface area contributed by atoms with Crippen LogP contribution in [-0.2, 0) is 4.79 Å². The summed E-state index contributed by atoms with van der Waals surface area (Å²) >= 11 is 5.23. The second kappa shape index (κ2) is 6.18. The lowest BCUT2D eigenvalue weighted by Gasteiger charge is -2.11. The molecular formula is C12H13ClO3. The predicted octanol–water partition coefficient (Wildman–Crippen LogP) is 2.87. The number of carbonyl (C=O) groups is 1. The Labute approximate surface area is 99.6 Å². The van der Waals surface area contributed by atoms with Crippen molar-refractivity contribution in [3.8, 4) is 11.5 Å². The molecule has 0 atom stereocenters. The van der Waals surface area contributed by atoms with Crippen molar-refractivity contribution >= 4 is 22.9 Å². The van der Waals surface area contributed by atoms with Crippen molar-refractivity contribution in [2.75, 3.05) is 13.7 Å². The van der Waals surface area contributed by atoms with Crippen LogP contribution >= 0.6 is 11.6 Å². The van der Waals surface area contributed by atoms with Gasteiger partial charge in [0.15, 0.2) is 18.1 Å². The van der Waals surface area contributed by atoms with Crippen molar-refractivity contribution in [2.45, 2.75) is 6.92 Å². The van der Waals surface area contributed by atoms with Crippen molar-refractivity contribution in [1.29, 1.82) is 0 Å². The number of para-hydroxylation sites is 1. The summed E-state index contributed by atoms with van der Waals surface area (Å²) in [5.74, 6) is 1.10. The molecule has 0 saturated carbocycles. The van der Waals surface area contributed by atoms with Gasteiger partial charge in [-0.15, -0.1) is 0 Å². The second-order valence-corrected chi connectivity index (χ2v) is 3.44. The van der Waals surface area contributed by atoms with Gasteiger partial charge in [-0.3, -0.25) is 4.79 Å². The highest BCUT2D eigenvalue weighted by molar-refractivity contribution is 6.63. The van der Waals surface area contributed by atoms with Crippen LogP contribution in [0.4, 0.5) is 0 Å². The minimum absolute atomic E-state index is 0.174. The molecular weight excluding hydrogens is 228 g/mol. The quantitative estimate of drug-likeness (QED) is 0.743. The lowest BCUT2D eigenvalue weighted by Crippen LogP contribution is -2.06. The smallest absolute Gasteiger partial charge is 0.259 e. The van der Waals surface area contributed by atoms with Gasteiger partial charge >= 0.3 is 0 Å². The van der Waals surface area contributed by atoms with E-state index in [1.807, 2.05) is 31.2 Å². The van der Waals surface area contributed by atoms with Crippen molar-refractivity contribution in [2.24, 2.45) is 0 Å². The van der Waals surface area contributed by atoms with Gasteiger partial charge in [-0.25, -0.2) is 0 Å². The molecule has 1 aromatic carbocycles. The topological polar surface area (TPSA) is 35.5 Å². The summed E-state index contributed by atoms with van der Waals surface area (Å²) in [6.45, 7) is 1.72. The second-order valence-electron chi connectivity index (χ2n) is 3.02. The van der Waals surface area contributed by atoms with Crippen LogP contribution in [0.2, 0.25) is 0 Å². The van der Waals surface area contributed by atoms with E-state index >= 15 is 0 Å². The minimum Gasteiger partial charge on any atom is -0.493 e. The monoisotopic (exact) mass is 240 g/mol. The molecule has 4 heteroatoms. The van der Waals surface area contributed by atoms with Crippen LogP contribution in [-0.4, -0.2) is 19.0 Å². The summed E-state index contributed by atoms with van der Waals surface area (Å²) < 4.78 is 10.5. The van der Waals surface area contributed by atoms with Crippen LogP contribution < -0.4 is 9.47 Å². The van der Waals surface area contributed by atoms with Gasteiger partial charge in [0.1, 0.15) is 0 Å². The number of halogens is 1. The molecule has 0 N–H and O–H groups in total. The molecule has 0 saturated heterocycles. The number of methoxy groups -OCH3 is 1. The van der Waals surface area contributed by atoms with E-state index in [1.54, 1.807) is 13.2 Å². The molecule has 1 rings (SSSR count). The Hall–Kier alpha value is -1.48. The summed E-state index contributed by atoms with van der Waals surface area (Å²) in [6, 6.07) is 5.49. The van der Waals surface area contributed by atoms with Gasteiger partial charge in [-0.2, -0.15) is 0 Å². The van der Waals surface area contributed by atoms with E-state index in [0.717, 1.165) is 5.56 Å². The maximum atomic E-state index is 10.7. The molecule has 1 aromatic rings. The summed E-state index contributed by atoms with van der Waals surface area (Å²) in [7, 11) is 1.55. The number of benzene rings is 1. The van der Waals surface area contributed by atoms with E-state index in [4.69, 9.17) is 21.1 Å². The molecule has 0 fully saturated rings. The van der Waals surface area contributed by atoms with Crippen LogP contribution in [0.1, 0.15) is 12.5 Å². The highest BCUT2D eigenvalue weighted by Crippen LogP contribution is 2.31. The third kappa shape index (κ3) is 3.28. The summed E-state index contributed by atoms with van der Waals surface area (Å²) in [4.78, 5) is 10.7. The number of rotatable bonds is 5. The third-order valence-corrected chi connectivity index (χ3v) is 2.01. The number of hydrogen-bond donors (Lipinski definition) is 0. The average molecular weight is 241 g/mol. The van der Waals surface area contributed by atoms with Gasteiger partial charge in [0.2, 0.25) is 0 Å². The minimum atomic E-state index is -0.544. The zero-order valence-electron chi connectivity index (χ0n) is 9.20. The van der Waals surface area contributed by atoms with Crippen LogP contribution in [0.15, 0.2) is 24.3 Å². The van der Waals surface area contributed by atoms with E-state index in [1.165, 1.54) is 0 Å². The van der Waals surface area contributed by atoms with E-state index in [9.17, 15) is 4.79 Å². The Morgan fingerprint density at radius 2 is 2.25 bits per heavy atom. The molecule has 0 aromatic heterocycles. The number of allylic oxidation sites excluding steroid dienone is 1. The van der Waals surface area contributed by atoms with Gasteiger partial charge < -0.3 is 9.47 Å². The Kier molecular flexibility index (Phi) is 4.86. The zero-order chi connectivity index (χ0) is 12.0. The molecule has 0 aliphatic carbocycles. The Morgan fingerprint density at radius 1 is 1.50 bits per heavy atom.